The summed E-state index contributed by atoms with van der Waals surface area (Å²) < 4.78 is 37.4. The van der Waals surface area contributed by atoms with Crippen LogP contribution in [0.4, 0.5) is 18.9 Å². The smallest absolute Gasteiger partial charge is 0.326 e. The summed E-state index contributed by atoms with van der Waals surface area (Å²) in [5.41, 5.74) is 0.476. The van der Waals surface area contributed by atoms with E-state index in [1.54, 1.807) is 0 Å². The number of thioether (sulfide) groups is 1. The second-order valence-corrected chi connectivity index (χ2v) is 5.68. The van der Waals surface area contributed by atoms with E-state index < -0.39 is 11.7 Å². The van der Waals surface area contributed by atoms with Gasteiger partial charge >= 0.3 is 6.18 Å². The molecule has 0 radical (unpaired) electrons. The number of halogens is 3. The molecule has 0 aliphatic carbocycles. The van der Waals surface area contributed by atoms with Gasteiger partial charge in [0.05, 0.1) is 18.5 Å². The maximum atomic E-state index is 12.5. The third-order valence-corrected chi connectivity index (χ3v) is 4.24. The number of anilines is 1. The van der Waals surface area contributed by atoms with Crippen LogP contribution in [-0.4, -0.2) is 29.1 Å². The largest absolute Gasteiger partial charge is 0.416 e. The molecule has 0 saturated carbocycles. The molecule has 1 aromatic carbocycles. The number of fused-ring (bicyclic) bond motifs is 1. The summed E-state index contributed by atoms with van der Waals surface area (Å²) in [6.07, 6.45) is -4.20. The molecule has 2 aliphatic heterocycles. The zero-order valence-electron chi connectivity index (χ0n) is 11.4. The van der Waals surface area contributed by atoms with Gasteiger partial charge in [0.15, 0.2) is 5.17 Å². The molecule has 1 N–H and O–H groups in total. The molecule has 0 saturated heterocycles. The van der Waals surface area contributed by atoms with Gasteiger partial charge in [-0.25, -0.2) is 0 Å². The van der Waals surface area contributed by atoms with Crippen molar-refractivity contribution in [3.63, 3.8) is 0 Å². The number of hydrogen-bond donors (Lipinski definition) is 1. The topological polar surface area (TPSA) is 44.7 Å². The first kappa shape index (κ1) is 15.0. The van der Waals surface area contributed by atoms with Crippen molar-refractivity contribution in [2.45, 2.75) is 12.6 Å². The third kappa shape index (κ3) is 3.11. The fourth-order valence-corrected chi connectivity index (χ4v) is 3.18. The van der Waals surface area contributed by atoms with Gasteiger partial charge in [0, 0.05) is 17.9 Å². The summed E-state index contributed by atoms with van der Waals surface area (Å²) in [7, 11) is 0. The fraction of sp³-hybridized carbons (Fsp3) is 0.286. The molecular weight excluding hydrogens is 315 g/mol. The summed E-state index contributed by atoms with van der Waals surface area (Å²) in [6, 6.07) is 4.40. The summed E-state index contributed by atoms with van der Waals surface area (Å²) in [5, 5.41) is 5.38. The third-order valence-electron chi connectivity index (χ3n) is 3.29. The molecule has 3 rings (SSSR count). The highest BCUT2D eigenvalue weighted by Gasteiger charge is 2.30. The standard InChI is InChI=1S/C14H12F3N3OS/c15-14(16,17)9-1-3-10(4-2-9)19-12(21)7-11-8-22-13-18-5-6-20(11)13/h1-4,8H,5-7H2,(H,19,21). The van der Waals surface area contributed by atoms with E-state index >= 15 is 0 Å². The molecule has 0 fully saturated rings. The van der Waals surface area contributed by atoms with E-state index in [0.29, 0.717) is 5.69 Å². The molecule has 0 bridgehead atoms. The van der Waals surface area contributed by atoms with Gasteiger partial charge in [-0.15, -0.1) is 0 Å². The maximum absolute atomic E-state index is 12.5. The van der Waals surface area contributed by atoms with Gasteiger partial charge in [0.2, 0.25) is 5.91 Å². The van der Waals surface area contributed by atoms with Gasteiger partial charge in [-0.2, -0.15) is 13.2 Å². The van der Waals surface area contributed by atoms with E-state index in [2.05, 4.69) is 10.3 Å². The molecule has 22 heavy (non-hydrogen) atoms. The highest BCUT2D eigenvalue weighted by molar-refractivity contribution is 8.16. The summed E-state index contributed by atoms with van der Waals surface area (Å²) in [6.45, 7) is 1.49. The van der Waals surface area contributed by atoms with E-state index in [1.165, 1.54) is 23.9 Å². The second-order valence-electron chi connectivity index (χ2n) is 4.84. The Morgan fingerprint density at radius 3 is 2.73 bits per heavy atom. The number of amidine groups is 1. The molecule has 4 nitrogen and oxygen atoms in total. The van der Waals surface area contributed by atoms with Gasteiger partial charge in [-0.3, -0.25) is 9.79 Å². The maximum Gasteiger partial charge on any atom is 0.416 e. The quantitative estimate of drug-likeness (QED) is 0.926. The lowest BCUT2D eigenvalue weighted by Gasteiger charge is -2.16. The fourth-order valence-electron chi connectivity index (χ4n) is 2.23. The average molecular weight is 327 g/mol. The van der Waals surface area contributed by atoms with Crippen LogP contribution in [0.25, 0.3) is 0 Å². The highest BCUT2D eigenvalue weighted by Crippen LogP contribution is 2.32. The van der Waals surface area contributed by atoms with Crippen LogP contribution in [0.1, 0.15) is 12.0 Å². The molecule has 0 atom stereocenters. The van der Waals surface area contributed by atoms with Crippen LogP contribution in [-0.2, 0) is 11.0 Å². The zero-order valence-corrected chi connectivity index (χ0v) is 12.2. The van der Waals surface area contributed by atoms with Crippen molar-refractivity contribution in [2.75, 3.05) is 18.4 Å². The summed E-state index contributed by atoms with van der Waals surface area (Å²) >= 11 is 1.48. The molecular formula is C14H12F3N3OS. The van der Waals surface area contributed by atoms with Crippen molar-refractivity contribution in [2.24, 2.45) is 4.99 Å². The predicted octanol–water partition coefficient (Wildman–Crippen LogP) is 3.29. The van der Waals surface area contributed by atoms with Gasteiger partial charge in [0.25, 0.3) is 0 Å². The first-order chi connectivity index (χ1) is 10.4. The minimum atomic E-state index is -4.38. The van der Waals surface area contributed by atoms with Crippen LogP contribution >= 0.6 is 11.8 Å². The van der Waals surface area contributed by atoms with Crippen molar-refractivity contribution in [3.8, 4) is 0 Å². The van der Waals surface area contributed by atoms with Crippen molar-refractivity contribution >= 4 is 28.5 Å². The number of alkyl halides is 3. The van der Waals surface area contributed by atoms with Gasteiger partial charge in [-0.1, -0.05) is 11.8 Å². The van der Waals surface area contributed by atoms with E-state index in [4.69, 9.17) is 0 Å². The Hall–Kier alpha value is -1.96. The van der Waals surface area contributed by atoms with Crippen LogP contribution in [0.2, 0.25) is 0 Å². The van der Waals surface area contributed by atoms with Crippen molar-refractivity contribution in [1.29, 1.82) is 0 Å². The first-order valence-electron chi connectivity index (χ1n) is 6.58. The van der Waals surface area contributed by atoms with Crippen LogP contribution in [0.15, 0.2) is 40.4 Å². The minimum absolute atomic E-state index is 0.174. The van der Waals surface area contributed by atoms with Crippen molar-refractivity contribution < 1.29 is 18.0 Å². The van der Waals surface area contributed by atoms with Gasteiger partial charge in [0.1, 0.15) is 0 Å². The number of nitrogens with zero attached hydrogens (tertiary/aromatic N) is 2. The number of aliphatic imine (C=N–C) groups is 1. The average Bonchev–Trinajstić information content (AvgIpc) is 3.03. The number of carbonyl (C=O) groups is 1. The summed E-state index contributed by atoms with van der Waals surface area (Å²) in [5.74, 6) is -0.264. The lowest BCUT2D eigenvalue weighted by molar-refractivity contribution is -0.137. The second kappa shape index (κ2) is 5.68. The van der Waals surface area contributed by atoms with Crippen LogP contribution in [0, 0.1) is 0 Å². The zero-order chi connectivity index (χ0) is 15.7. The number of hydrogen-bond acceptors (Lipinski definition) is 4. The molecule has 116 valence electrons. The normalized spacial score (nSPS) is 17.1. The Labute approximate surface area is 129 Å². The van der Waals surface area contributed by atoms with Crippen LogP contribution in [0.5, 0.6) is 0 Å². The van der Waals surface area contributed by atoms with Crippen LogP contribution in [0.3, 0.4) is 0 Å². The van der Waals surface area contributed by atoms with E-state index in [0.717, 1.165) is 36.1 Å². The Kier molecular flexibility index (Phi) is 3.86. The molecule has 1 amide bonds. The Morgan fingerprint density at radius 2 is 2.05 bits per heavy atom. The number of carbonyl (C=O) groups excluding carboxylic acids is 1. The van der Waals surface area contributed by atoms with Gasteiger partial charge < -0.3 is 10.2 Å². The van der Waals surface area contributed by atoms with Crippen molar-refractivity contribution in [3.05, 3.63) is 40.9 Å². The monoisotopic (exact) mass is 327 g/mol. The lowest BCUT2D eigenvalue weighted by atomic mass is 10.2. The minimum Gasteiger partial charge on any atom is -0.326 e. The van der Waals surface area contributed by atoms with Crippen molar-refractivity contribution in [1.82, 2.24) is 4.90 Å². The Balaban J connectivity index is 1.59. The molecule has 2 aliphatic rings. The predicted molar refractivity (Wildman–Crippen MR) is 79.4 cm³/mol. The molecule has 0 spiro atoms. The number of amides is 1. The molecule has 0 aromatic heterocycles. The Bertz CT molecular complexity index is 652. The molecule has 8 heteroatoms. The van der Waals surface area contributed by atoms with E-state index in [9.17, 15) is 18.0 Å². The summed E-state index contributed by atoms with van der Waals surface area (Å²) in [4.78, 5) is 18.3. The molecule has 2 heterocycles. The van der Waals surface area contributed by atoms with Crippen LogP contribution < -0.4 is 5.32 Å². The SMILES string of the molecule is O=C(CC1=CSC2=NCCN12)Nc1ccc(C(F)(F)F)cc1. The first-order valence-corrected chi connectivity index (χ1v) is 7.46. The van der Waals surface area contributed by atoms with Gasteiger partial charge in [-0.05, 0) is 29.7 Å². The lowest BCUT2D eigenvalue weighted by Crippen LogP contribution is -2.24. The highest BCUT2D eigenvalue weighted by atomic mass is 32.2. The number of nitrogens with one attached hydrogen (secondary N) is 1. The molecule has 0 unspecified atom stereocenters. The van der Waals surface area contributed by atoms with E-state index in [1.807, 2.05) is 10.3 Å². The number of benzene rings is 1. The molecule has 1 aromatic rings. The Morgan fingerprint density at radius 1 is 1.32 bits per heavy atom. The number of rotatable bonds is 3. The van der Waals surface area contributed by atoms with E-state index in [-0.39, 0.29) is 12.3 Å².